The number of rotatable bonds is 5. The van der Waals surface area contributed by atoms with Crippen molar-refractivity contribution in [2.24, 2.45) is 0 Å². The highest BCUT2D eigenvalue weighted by Gasteiger charge is 2.16. The molecule has 0 bridgehead atoms. The van der Waals surface area contributed by atoms with Gasteiger partial charge in [0.15, 0.2) is 0 Å². The molecule has 100 valence electrons. The second-order valence-electron chi connectivity index (χ2n) is 4.67. The number of methoxy groups -OCH3 is 1. The summed E-state index contributed by atoms with van der Waals surface area (Å²) in [4.78, 5) is 0. The van der Waals surface area contributed by atoms with Crippen molar-refractivity contribution in [3.8, 4) is 5.75 Å². The molecule has 1 N–H and O–H groups in total. The zero-order chi connectivity index (χ0) is 12.8. The molecule has 1 aromatic rings. The van der Waals surface area contributed by atoms with Crippen LogP contribution in [0.3, 0.4) is 0 Å². The van der Waals surface area contributed by atoms with Crippen molar-refractivity contribution in [2.45, 2.75) is 25.3 Å². The molecule has 0 unspecified atom stereocenters. The van der Waals surface area contributed by atoms with Gasteiger partial charge in [0.2, 0.25) is 0 Å². The van der Waals surface area contributed by atoms with E-state index in [1.54, 1.807) is 7.11 Å². The number of benzene rings is 1. The van der Waals surface area contributed by atoms with E-state index in [-0.39, 0.29) is 0 Å². The lowest BCUT2D eigenvalue weighted by atomic mass is 10.1. The molecule has 1 heterocycles. The Balaban J connectivity index is 1.69. The van der Waals surface area contributed by atoms with Crippen LogP contribution in [0.2, 0.25) is 0 Å². The number of hydrogen-bond donors (Lipinski definition) is 1. The second-order valence-corrected chi connectivity index (χ2v) is 6.37. The maximum absolute atomic E-state index is 11.2. The van der Waals surface area contributed by atoms with E-state index in [4.69, 9.17) is 4.74 Å². The molecule has 2 rings (SSSR count). The molecule has 0 spiro atoms. The minimum Gasteiger partial charge on any atom is -0.497 e. The van der Waals surface area contributed by atoms with Gasteiger partial charge in [0, 0.05) is 28.3 Å². The Hall–Kier alpha value is -0.870. The fourth-order valence-electron chi connectivity index (χ4n) is 2.21. The molecule has 18 heavy (non-hydrogen) atoms. The summed E-state index contributed by atoms with van der Waals surface area (Å²) in [7, 11) is 1.12. The van der Waals surface area contributed by atoms with Crippen molar-refractivity contribution in [1.29, 1.82) is 0 Å². The fourth-order valence-corrected chi connectivity index (χ4v) is 3.51. The van der Waals surface area contributed by atoms with E-state index in [1.165, 1.54) is 5.56 Å². The molecule has 1 saturated heterocycles. The summed E-state index contributed by atoms with van der Waals surface area (Å²) in [5.41, 5.74) is 1.32. The molecule has 1 fully saturated rings. The molecule has 0 radical (unpaired) electrons. The van der Waals surface area contributed by atoms with Gasteiger partial charge < -0.3 is 10.1 Å². The van der Waals surface area contributed by atoms with E-state index in [0.717, 1.165) is 43.1 Å². The number of hydrogen-bond acceptors (Lipinski definition) is 3. The smallest absolute Gasteiger partial charge is 0.118 e. The molecule has 0 amide bonds. The monoisotopic (exact) mass is 267 g/mol. The molecule has 1 aliphatic heterocycles. The third kappa shape index (κ3) is 4.10. The Morgan fingerprint density at radius 2 is 1.94 bits per heavy atom. The highest BCUT2D eigenvalue weighted by atomic mass is 32.2. The zero-order valence-corrected chi connectivity index (χ0v) is 11.7. The lowest BCUT2D eigenvalue weighted by Crippen LogP contribution is -2.36. The van der Waals surface area contributed by atoms with Crippen LogP contribution in [0.15, 0.2) is 24.3 Å². The minimum absolute atomic E-state index is 0.556. The van der Waals surface area contributed by atoms with Crippen LogP contribution in [-0.4, -0.2) is 35.4 Å². The Bertz CT molecular complexity index is 381. The predicted molar refractivity (Wildman–Crippen MR) is 75.6 cm³/mol. The first-order chi connectivity index (χ1) is 8.78. The van der Waals surface area contributed by atoms with Gasteiger partial charge in [-0.2, -0.15) is 0 Å². The van der Waals surface area contributed by atoms with Gasteiger partial charge in [-0.25, -0.2) is 0 Å². The first-order valence-corrected chi connectivity index (χ1v) is 7.98. The van der Waals surface area contributed by atoms with Crippen molar-refractivity contribution < 1.29 is 8.95 Å². The molecule has 0 atom stereocenters. The summed E-state index contributed by atoms with van der Waals surface area (Å²) in [5.74, 6) is 2.63. The van der Waals surface area contributed by atoms with E-state index in [0.29, 0.717) is 6.04 Å². The summed E-state index contributed by atoms with van der Waals surface area (Å²) >= 11 is 0. The van der Waals surface area contributed by atoms with Crippen LogP contribution in [-0.2, 0) is 17.2 Å². The topological polar surface area (TPSA) is 38.3 Å². The maximum atomic E-state index is 11.2. The standard InChI is InChI=1S/C14H21NO2S/c1-17-14-4-2-12(3-5-14)6-9-15-13-7-10-18(16)11-8-13/h2-5,13,15H,6-11H2,1H3. The van der Waals surface area contributed by atoms with Gasteiger partial charge in [0.1, 0.15) is 5.75 Å². The van der Waals surface area contributed by atoms with Gasteiger partial charge in [-0.15, -0.1) is 0 Å². The molecule has 0 aliphatic carbocycles. The van der Waals surface area contributed by atoms with E-state index >= 15 is 0 Å². The Morgan fingerprint density at radius 3 is 2.56 bits per heavy atom. The van der Waals surface area contributed by atoms with Crippen molar-refractivity contribution in [3.63, 3.8) is 0 Å². The lowest BCUT2D eigenvalue weighted by Gasteiger charge is -2.22. The summed E-state index contributed by atoms with van der Waals surface area (Å²) < 4.78 is 16.4. The first-order valence-electron chi connectivity index (χ1n) is 6.49. The second kappa shape index (κ2) is 6.90. The SMILES string of the molecule is COc1ccc(CCNC2CCS(=O)CC2)cc1. The van der Waals surface area contributed by atoms with Crippen LogP contribution >= 0.6 is 0 Å². The quantitative estimate of drug-likeness (QED) is 0.883. The summed E-state index contributed by atoms with van der Waals surface area (Å²) in [5, 5.41) is 3.55. The van der Waals surface area contributed by atoms with E-state index in [9.17, 15) is 4.21 Å². The summed E-state index contributed by atoms with van der Waals surface area (Å²) in [6.45, 7) is 0.990. The van der Waals surface area contributed by atoms with Crippen LogP contribution in [0.5, 0.6) is 5.75 Å². The van der Waals surface area contributed by atoms with Crippen LogP contribution in [0.25, 0.3) is 0 Å². The van der Waals surface area contributed by atoms with Crippen molar-refractivity contribution in [1.82, 2.24) is 5.32 Å². The van der Waals surface area contributed by atoms with Crippen LogP contribution < -0.4 is 10.1 Å². The Morgan fingerprint density at radius 1 is 1.28 bits per heavy atom. The molecule has 0 saturated carbocycles. The molecule has 1 aromatic carbocycles. The van der Waals surface area contributed by atoms with Crippen LogP contribution in [0.4, 0.5) is 0 Å². The van der Waals surface area contributed by atoms with Gasteiger partial charge in [-0.1, -0.05) is 12.1 Å². The molecule has 0 aromatic heterocycles. The predicted octanol–water partition coefficient (Wildman–Crippen LogP) is 1.74. The third-order valence-electron chi connectivity index (χ3n) is 3.39. The largest absolute Gasteiger partial charge is 0.497 e. The molecule has 3 nitrogen and oxygen atoms in total. The van der Waals surface area contributed by atoms with Gasteiger partial charge in [0.25, 0.3) is 0 Å². The Labute approximate surface area is 111 Å². The highest BCUT2D eigenvalue weighted by molar-refractivity contribution is 7.85. The van der Waals surface area contributed by atoms with Crippen LogP contribution in [0.1, 0.15) is 18.4 Å². The van der Waals surface area contributed by atoms with Crippen LogP contribution in [0, 0.1) is 0 Å². The third-order valence-corrected chi connectivity index (χ3v) is 4.78. The van der Waals surface area contributed by atoms with E-state index in [1.807, 2.05) is 12.1 Å². The van der Waals surface area contributed by atoms with Gasteiger partial charge in [0.05, 0.1) is 7.11 Å². The fraction of sp³-hybridized carbons (Fsp3) is 0.571. The minimum atomic E-state index is -0.560. The lowest BCUT2D eigenvalue weighted by molar-refractivity contribution is 0.414. The molecule has 1 aliphatic rings. The summed E-state index contributed by atoms with van der Waals surface area (Å²) in [6, 6.07) is 8.77. The highest BCUT2D eigenvalue weighted by Crippen LogP contribution is 2.12. The number of nitrogens with one attached hydrogen (secondary N) is 1. The number of ether oxygens (including phenoxy) is 1. The summed E-state index contributed by atoms with van der Waals surface area (Å²) in [6.07, 6.45) is 3.13. The normalized spacial score (nSPS) is 23.8. The Kier molecular flexibility index (Phi) is 5.20. The maximum Gasteiger partial charge on any atom is 0.118 e. The van der Waals surface area contributed by atoms with Crippen molar-refractivity contribution >= 4 is 10.8 Å². The van der Waals surface area contributed by atoms with Gasteiger partial charge in [-0.05, 0) is 43.5 Å². The molecule has 4 heteroatoms. The first kappa shape index (κ1) is 13.6. The van der Waals surface area contributed by atoms with Crippen molar-refractivity contribution in [2.75, 3.05) is 25.2 Å². The molecular formula is C14H21NO2S. The van der Waals surface area contributed by atoms with Crippen molar-refractivity contribution in [3.05, 3.63) is 29.8 Å². The van der Waals surface area contributed by atoms with E-state index in [2.05, 4.69) is 17.4 Å². The molecular weight excluding hydrogens is 246 g/mol. The average Bonchev–Trinajstić information content (AvgIpc) is 2.42. The van der Waals surface area contributed by atoms with E-state index < -0.39 is 10.8 Å². The average molecular weight is 267 g/mol. The zero-order valence-electron chi connectivity index (χ0n) is 10.9. The van der Waals surface area contributed by atoms with Gasteiger partial charge >= 0.3 is 0 Å². The van der Waals surface area contributed by atoms with Gasteiger partial charge in [-0.3, -0.25) is 4.21 Å².